The number of rotatable bonds is 5. The summed E-state index contributed by atoms with van der Waals surface area (Å²) in [6, 6.07) is 3.60. The minimum absolute atomic E-state index is 0.172. The van der Waals surface area contributed by atoms with Gasteiger partial charge in [0.1, 0.15) is 5.00 Å². The van der Waals surface area contributed by atoms with Crippen LogP contribution in [0.5, 0.6) is 0 Å². The molecule has 0 spiro atoms. The topological polar surface area (TPSA) is 78.4 Å². The van der Waals surface area contributed by atoms with Crippen molar-refractivity contribution in [2.24, 2.45) is 0 Å². The van der Waals surface area contributed by atoms with E-state index in [9.17, 15) is 14.7 Å². The number of hydrogen-bond donors (Lipinski definition) is 3. The van der Waals surface area contributed by atoms with E-state index in [2.05, 4.69) is 10.6 Å². The number of nitrogens with one attached hydrogen (secondary N) is 2. The molecule has 7 heteroatoms. The van der Waals surface area contributed by atoms with Gasteiger partial charge in [-0.15, -0.1) is 22.7 Å². The Hall–Kier alpha value is -1.86. The molecule has 0 aliphatic rings. The molecule has 2 heterocycles. The van der Waals surface area contributed by atoms with Crippen LogP contribution in [0.3, 0.4) is 0 Å². The summed E-state index contributed by atoms with van der Waals surface area (Å²) in [6.45, 7) is 4.10. The van der Waals surface area contributed by atoms with Gasteiger partial charge in [-0.3, -0.25) is 5.32 Å². The third-order valence-electron chi connectivity index (χ3n) is 3.06. The van der Waals surface area contributed by atoms with E-state index in [1.165, 1.54) is 16.2 Å². The monoisotopic (exact) mass is 324 g/mol. The van der Waals surface area contributed by atoms with Crippen molar-refractivity contribution in [3.63, 3.8) is 0 Å². The molecule has 2 aromatic rings. The van der Waals surface area contributed by atoms with Crippen LogP contribution in [-0.2, 0) is 6.42 Å². The van der Waals surface area contributed by atoms with Crippen molar-refractivity contribution in [2.75, 3.05) is 11.9 Å². The number of aryl methyl sites for hydroxylation is 1. The highest BCUT2D eigenvalue weighted by Crippen LogP contribution is 2.32. The zero-order chi connectivity index (χ0) is 15.4. The van der Waals surface area contributed by atoms with Gasteiger partial charge >= 0.3 is 12.0 Å². The Morgan fingerprint density at radius 2 is 2.10 bits per heavy atom. The average molecular weight is 324 g/mol. The Kier molecular flexibility index (Phi) is 4.98. The van der Waals surface area contributed by atoms with Crippen molar-refractivity contribution in [2.45, 2.75) is 20.3 Å². The molecule has 0 aromatic carbocycles. The lowest BCUT2D eigenvalue weighted by molar-refractivity contribution is 0.0697. The summed E-state index contributed by atoms with van der Waals surface area (Å²) in [5, 5.41) is 16.9. The third kappa shape index (κ3) is 3.83. The van der Waals surface area contributed by atoms with Gasteiger partial charge in [0.05, 0.1) is 5.56 Å². The van der Waals surface area contributed by atoms with Gasteiger partial charge in [0, 0.05) is 16.3 Å². The number of carboxylic acids is 1. The van der Waals surface area contributed by atoms with Crippen molar-refractivity contribution >= 4 is 39.7 Å². The Bertz CT molecular complexity index is 647. The summed E-state index contributed by atoms with van der Waals surface area (Å²) < 4.78 is 0. The molecular weight excluding hydrogens is 308 g/mol. The highest BCUT2D eigenvalue weighted by atomic mass is 32.1. The van der Waals surface area contributed by atoms with E-state index in [0.717, 1.165) is 11.3 Å². The van der Waals surface area contributed by atoms with Crippen LogP contribution in [0.1, 0.15) is 25.7 Å². The van der Waals surface area contributed by atoms with Gasteiger partial charge in [0.15, 0.2) is 0 Å². The average Bonchev–Trinajstić information content (AvgIpc) is 2.99. The second-order valence-corrected chi connectivity index (χ2v) is 6.76. The third-order valence-corrected chi connectivity index (χ3v) is 5.12. The maximum absolute atomic E-state index is 11.8. The maximum atomic E-state index is 11.8. The molecule has 112 valence electrons. The fraction of sp³-hybridized carbons (Fsp3) is 0.286. The van der Waals surface area contributed by atoms with E-state index < -0.39 is 5.97 Å². The summed E-state index contributed by atoms with van der Waals surface area (Å²) in [5.41, 5.74) is 0.868. The minimum Gasteiger partial charge on any atom is -0.478 e. The summed E-state index contributed by atoms with van der Waals surface area (Å²) >= 11 is 2.92. The van der Waals surface area contributed by atoms with Crippen LogP contribution in [0.4, 0.5) is 9.80 Å². The highest BCUT2D eigenvalue weighted by Gasteiger charge is 2.20. The van der Waals surface area contributed by atoms with Crippen molar-refractivity contribution < 1.29 is 14.7 Å². The number of carbonyl (C=O) groups excluding carboxylic acids is 1. The van der Waals surface area contributed by atoms with Crippen LogP contribution < -0.4 is 10.6 Å². The number of hydrogen-bond acceptors (Lipinski definition) is 4. The first-order chi connectivity index (χ1) is 9.99. The van der Waals surface area contributed by atoms with Gasteiger partial charge in [0.25, 0.3) is 0 Å². The predicted octanol–water partition coefficient (Wildman–Crippen LogP) is 3.49. The second-order valence-electron chi connectivity index (χ2n) is 4.50. The largest absolute Gasteiger partial charge is 0.478 e. The van der Waals surface area contributed by atoms with Crippen molar-refractivity contribution in [3.05, 3.63) is 38.4 Å². The molecule has 21 heavy (non-hydrogen) atoms. The van der Waals surface area contributed by atoms with E-state index >= 15 is 0 Å². The highest BCUT2D eigenvalue weighted by molar-refractivity contribution is 7.16. The molecule has 0 aliphatic heterocycles. The molecule has 2 rings (SSSR count). The number of aromatic carboxylic acids is 1. The molecule has 3 N–H and O–H groups in total. The van der Waals surface area contributed by atoms with E-state index in [1.54, 1.807) is 18.3 Å². The van der Waals surface area contributed by atoms with E-state index in [4.69, 9.17) is 0 Å². The minimum atomic E-state index is -1.02. The lowest BCUT2D eigenvalue weighted by atomic mass is 10.1. The number of thiophene rings is 2. The second kappa shape index (κ2) is 6.73. The smallest absolute Gasteiger partial charge is 0.338 e. The lowest BCUT2D eigenvalue weighted by Gasteiger charge is -2.06. The van der Waals surface area contributed by atoms with Crippen molar-refractivity contribution in [1.82, 2.24) is 5.32 Å². The Morgan fingerprint density at radius 3 is 2.71 bits per heavy atom. The SMILES string of the molecule is Cc1sc(NC(=O)NCCc2cccs2)c(C(=O)O)c1C. The Labute approximate surface area is 130 Å². The molecule has 0 radical (unpaired) electrons. The van der Waals surface area contributed by atoms with Crippen LogP contribution in [-0.4, -0.2) is 23.7 Å². The van der Waals surface area contributed by atoms with Crippen LogP contribution in [0, 0.1) is 13.8 Å². The van der Waals surface area contributed by atoms with Crippen LogP contribution in [0.25, 0.3) is 0 Å². The van der Waals surface area contributed by atoms with E-state index in [0.29, 0.717) is 17.1 Å². The molecule has 0 saturated carbocycles. The van der Waals surface area contributed by atoms with E-state index in [1.807, 2.05) is 24.4 Å². The summed E-state index contributed by atoms with van der Waals surface area (Å²) in [7, 11) is 0. The van der Waals surface area contributed by atoms with Crippen molar-refractivity contribution in [3.8, 4) is 0 Å². The summed E-state index contributed by atoms with van der Waals surface area (Å²) in [6.07, 6.45) is 0.763. The number of carboxylic acid groups (broad SMARTS) is 1. The number of carbonyl (C=O) groups is 2. The zero-order valence-electron chi connectivity index (χ0n) is 11.7. The van der Waals surface area contributed by atoms with Gasteiger partial charge < -0.3 is 10.4 Å². The molecule has 2 aromatic heterocycles. The predicted molar refractivity (Wildman–Crippen MR) is 85.8 cm³/mol. The summed E-state index contributed by atoms with van der Waals surface area (Å²) in [5.74, 6) is -1.02. The zero-order valence-corrected chi connectivity index (χ0v) is 13.4. The van der Waals surface area contributed by atoms with Gasteiger partial charge in [-0.2, -0.15) is 0 Å². The molecule has 0 unspecified atom stereocenters. The first-order valence-corrected chi connectivity index (χ1v) is 8.09. The van der Waals surface area contributed by atoms with Gasteiger partial charge in [0.2, 0.25) is 0 Å². The van der Waals surface area contributed by atoms with Crippen molar-refractivity contribution in [1.29, 1.82) is 0 Å². The van der Waals surface area contributed by atoms with Crippen LogP contribution >= 0.6 is 22.7 Å². The first kappa shape index (κ1) is 15.5. The van der Waals surface area contributed by atoms with Gasteiger partial charge in [-0.05, 0) is 37.3 Å². The molecule has 2 amide bonds. The molecule has 0 saturated heterocycles. The fourth-order valence-electron chi connectivity index (χ4n) is 1.87. The lowest BCUT2D eigenvalue weighted by Crippen LogP contribution is -2.30. The first-order valence-electron chi connectivity index (χ1n) is 6.39. The molecule has 5 nitrogen and oxygen atoms in total. The maximum Gasteiger partial charge on any atom is 0.338 e. The van der Waals surface area contributed by atoms with Crippen LogP contribution in [0.15, 0.2) is 17.5 Å². The van der Waals surface area contributed by atoms with Gasteiger partial charge in [-0.25, -0.2) is 9.59 Å². The Morgan fingerprint density at radius 1 is 1.33 bits per heavy atom. The van der Waals surface area contributed by atoms with Gasteiger partial charge in [-0.1, -0.05) is 6.07 Å². The molecule has 0 bridgehead atoms. The number of urea groups is 1. The Balaban J connectivity index is 1.93. The fourth-order valence-corrected chi connectivity index (χ4v) is 3.63. The molecule has 0 fully saturated rings. The van der Waals surface area contributed by atoms with E-state index in [-0.39, 0.29) is 11.6 Å². The number of anilines is 1. The standard InChI is InChI=1S/C14H16N2O3S2/c1-8-9(2)21-12(11(8)13(17)18)16-14(19)15-6-5-10-4-3-7-20-10/h3-4,7H,5-6H2,1-2H3,(H,17,18)(H2,15,16,19). The molecule has 0 aliphatic carbocycles. The summed E-state index contributed by atoms with van der Waals surface area (Å²) in [4.78, 5) is 25.2. The molecular formula is C14H16N2O3S2. The quantitative estimate of drug-likeness (QED) is 0.788. The molecule has 0 atom stereocenters. The number of amides is 2. The normalized spacial score (nSPS) is 10.4. The van der Waals surface area contributed by atoms with Crippen LogP contribution in [0.2, 0.25) is 0 Å².